The number of nitrogens with zero attached hydrogens (tertiary/aromatic N) is 4. The molecule has 6 heteroatoms. The molecule has 1 aromatic heterocycles. The number of fused-ring (bicyclic) bond motifs is 1. The van der Waals surface area contributed by atoms with Crippen LogP contribution in [0.4, 0.5) is 10.2 Å². The number of rotatable bonds is 3. The number of aromatic nitrogens is 2. The molecule has 3 heterocycles. The minimum absolute atomic E-state index is 0.0258. The largest absolute Gasteiger partial charge is 0.355 e. The molecule has 1 amide bonds. The summed E-state index contributed by atoms with van der Waals surface area (Å²) in [6.45, 7) is 2.73. The highest BCUT2D eigenvalue weighted by Crippen LogP contribution is 2.34. The van der Waals surface area contributed by atoms with Gasteiger partial charge in [-0.2, -0.15) is 0 Å². The minimum atomic E-state index is -0.753. The summed E-state index contributed by atoms with van der Waals surface area (Å²) in [7, 11) is 0. The number of hydrogen-bond acceptors (Lipinski definition) is 4. The van der Waals surface area contributed by atoms with E-state index in [-0.39, 0.29) is 11.8 Å². The van der Waals surface area contributed by atoms with Crippen molar-refractivity contribution in [3.05, 3.63) is 41.6 Å². The molecule has 1 aromatic carbocycles. The van der Waals surface area contributed by atoms with Crippen molar-refractivity contribution in [2.45, 2.75) is 51.1 Å². The molecule has 2 aromatic rings. The fourth-order valence-corrected chi connectivity index (χ4v) is 5.09. The van der Waals surface area contributed by atoms with Gasteiger partial charge in [-0.1, -0.05) is 30.3 Å². The van der Waals surface area contributed by atoms with Crippen LogP contribution in [0.1, 0.15) is 43.4 Å². The average molecular weight is 409 g/mol. The molecule has 30 heavy (non-hydrogen) atoms. The van der Waals surface area contributed by atoms with Gasteiger partial charge in [0.1, 0.15) is 12.0 Å². The van der Waals surface area contributed by atoms with Crippen molar-refractivity contribution >= 4 is 11.7 Å². The van der Waals surface area contributed by atoms with Crippen LogP contribution in [0, 0.1) is 5.92 Å². The zero-order valence-corrected chi connectivity index (χ0v) is 17.4. The van der Waals surface area contributed by atoms with Gasteiger partial charge in [0.25, 0.3) is 0 Å². The normalized spacial score (nSPS) is 22.2. The Hall–Kier alpha value is -2.50. The van der Waals surface area contributed by atoms with Crippen molar-refractivity contribution in [2.24, 2.45) is 5.92 Å². The average Bonchev–Trinajstić information content (AvgIpc) is 3.28. The molecule has 3 aliphatic rings. The molecule has 2 saturated heterocycles. The van der Waals surface area contributed by atoms with Gasteiger partial charge in [-0.25, -0.2) is 14.4 Å². The smallest absolute Gasteiger partial charge is 0.227 e. The Balaban J connectivity index is 1.40. The number of alkyl halides is 1. The van der Waals surface area contributed by atoms with Gasteiger partial charge in [-0.3, -0.25) is 4.79 Å². The lowest BCUT2D eigenvalue weighted by Gasteiger charge is -2.37. The highest BCUT2D eigenvalue weighted by atomic mass is 19.1. The minimum Gasteiger partial charge on any atom is -0.355 e. The molecule has 2 fully saturated rings. The van der Waals surface area contributed by atoms with Crippen LogP contribution in [-0.2, 0) is 17.6 Å². The monoisotopic (exact) mass is 408 g/mol. The Morgan fingerprint density at radius 1 is 0.967 bits per heavy atom. The van der Waals surface area contributed by atoms with Crippen LogP contribution in [0.5, 0.6) is 0 Å². The summed E-state index contributed by atoms with van der Waals surface area (Å²) in [5.41, 5.74) is 3.46. The zero-order valence-electron chi connectivity index (χ0n) is 17.4. The Kier molecular flexibility index (Phi) is 5.40. The third-order valence-corrected chi connectivity index (χ3v) is 6.75. The Labute approximate surface area is 177 Å². The number of aryl methyl sites for hydroxylation is 1. The van der Waals surface area contributed by atoms with Crippen LogP contribution < -0.4 is 4.90 Å². The molecule has 0 saturated carbocycles. The van der Waals surface area contributed by atoms with E-state index in [1.807, 2.05) is 23.1 Å². The summed E-state index contributed by atoms with van der Waals surface area (Å²) in [5.74, 6) is 1.98. The summed E-state index contributed by atoms with van der Waals surface area (Å²) in [6.07, 6.45) is 5.21. The van der Waals surface area contributed by atoms with Crippen LogP contribution in [0.3, 0.4) is 0 Å². The number of piperidine rings is 2. The van der Waals surface area contributed by atoms with Gasteiger partial charge in [0.15, 0.2) is 5.82 Å². The van der Waals surface area contributed by atoms with Crippen LogP contribution in [-0.4, -0.2) is 53.1 Å². The number of benzene rings is 1. The van der Waals surface area contributed by atoms with E-state index in [0.29, 0.717) is 32.5 Å². The second-order valence-electron chi connectivity index (χ2n) is 8.80. The van der Waals surface area contributed by atoms with E-state index in [0.717, 1.165) is 61.5 Å². The Bertz CT molecular complexity index is 911. The first-order valence-corrected chi connectivity index (χ1v) is 11.3. The quantitative estimate of drug-likeness (QED) is 0.775. The zero-order chi connectivity index (χ0) is 20.5. The third kappa shape index (κ3) is 3.80. The number of hydrogen-bond donors (Lipinski definition) is 0. The van der Waals surface area contributed by atoms with E-state index in [9.17, 15) is 9.18 Å². The molecule has 1 aliphatic carbocycles. The maximum absolute atomic E-state index is 13.5. The van der Waals surface area contributed by atoms with Gasteiger partial charge in [-0.15, -0.1) is 0 Å². The molecular formula is C24H29FN4O. The fourth-order valence-electron chi connectivity index (χ4n) is 5.09. The van der Waals surface area contributed by atoms with Crippen LogP contribution >= 0.6 is 0 Å². The second-order valence-corrected chi connectivity index (χ2v) is 8.80. The predicted molar refractivity (Wildman–Crippen MR) is 115 cm³/mol. The van der Waals surface area contributed by atoms with Crippen molar-refractivity contribution in [1.29, 1.82) is 0 Å². The molecule has 0 unspecified atom stereocenters. The fraction of sp³-hybridized carbons (Fsp3) is 0.542. The van der Waals surface area contributed by atoms with Gasteiger partial charge in [0.05, 0.1) is 5.92 Å². The molecule has 1 atom stereocenters. The highest BCUT2D eigenvalue weighted by Gasteiger charge is 2.33. The molecular weight excluding hydrogens is 379 g/mol. The summed E-state index contributed by atoms with van der Waals surface area (Å²) in [4.78, 5) is 27.2. The van der Waals surface area contributed by atoms with Gasteiger partial charge < -0.3 is 9.80 Å². The van der Waals surface area contributed by atoms with Gasteiger partial charge in [-0.05, 0) is 44.9 Å². The standard InChI is InChI=1S/C24H29FN4O/c25-19-11-14-28(15-12-19)24(30)18-8-5-13-29(16-18)23-20-9-4-10-21(20)26-22(27-23)17-6-2-1-3-7-17/h1-3,6-7,18-19H,4-5,8-16H2/t18-/m0/s1. The second kappa shape index (κ2) is 8.32. The molecule has 2 aliphatic heterocycles. The lowest BCUT2D eigenvalue weighted by molar-refractivity contribution is -0.137. The van der Waals surface area contributed by atoms with Crippen LogP contribution in [0.25, 0.3) is 11.4 Å². The van der Waals surface area contributed by atoms with Crippen molar-refractivity contribution in [3.63, 3.8) is 0 Å². The highest BCUT2D eigenvalue weighted by molar-refractivity contribution is 5.80. The maximum atomic E-state index is 13.5. The summed E-state index contributed by atoms with van der Waals surface area (Å²) < 4.78 is 13.5. The lowest BCUT2D eigenvalue weighted by Crippen LogP contribution is -2.48. The van der Waals surface area contributed by atoms with E-state index in [4.69, 9.17) is 9.97 Å². The number of carbonyl (C=O) groups is 1. The topological polar surface area (TPSA) is 49.3 Å². The van der Waals surface area contributed by atoms with E-state index in [1.165, 1.54) is 5.56 Å². The van der Waals surface area contributed by atoms with Crippen molar-refractivity contribution in [3.8, 4) is 11.4 Å². The van der Waals surface area contributed by atoms with Gasteiger partial charge in [0.2, 0.25) is 5.91 Å². The molecule has 158 valence electrons. The van der Waals surface area contributed by atoms with Gasteiger partial charge >= 0.3 is 0 Å². The Morgan fingerprint density at radius 2 is 1.77 bits per heavy atom. The van der Waals surface area contributed by atoms with E-state index >= 15 is 0 Å². The first-order valence-electron chi connectivity index (χ1n) is 11.3. The molecule has 0 spiro atoms. The van der Waals surface area contributed by atoms with Crippen LogP contribution in [0.15, 0.2) is 30.3 Å². The van der Waals surface area contributed by atoms with Crippen molar-refractivity contribution in [1.82, 2.24) is 14.9 Å². The number of likely N-dealkylation sites (tertiary alicyclic amines) is 1. The van der Waals surface area contributed by atoms with Gasteiger partial charge in [0, 0.05) is 43.0 Å². The summed E-state index contributed by atoms with van der Waals surface area (Å²) >= 11 is 0. The molecule has 0 bridgehead atoms. The van der Waals surface area contributed by atoms with Crippen molar-refractivity contribution < 1.29 is 9.18 Å². The van der Waals surface area contributed by atoms with Crippen LogP contribution in [0.2, 0.25) is 0 Å². The van der Waals surface area contributed by atoms with E-state index < -0.39 is 6.17 Å². The first kappa shape index (κ1) is 19.5. The number of anilines is 1. The molecule has 5 nitrogen and oxygen atoms in total. The van der Waals surface area contributed by atoms with E-state index in [1.54, 1.807) is 0 Å². The van der Waals surface area contributed by atoms with Crippen molar-refractivity contribution in [2.75, 3.05) is 31.1 Å². The summed E-state index contributed by atoms with van der Waals surface area (Å²) in [5, 5.41) is 0. The van der Waals surface area contributed by atoms with E-state index in [2.05, 4.69) is 17.0 Å². The number of carbonyl (C=O) groups excluding carboxylic acids is 1. The molecule has 0 N–H and O–H groups in total. The number of halogens is 1. The summed E-state index contributed by atoms with van der Waals surface area (Å²) in [6, 6.07) is 10.1. The molecule has 0 radical (unpaired) electrons. The molecule has 5 rings (SSSR count). The lowest BCUT2D eigenvalue weighted by atomic mass is 9.95. The maximum Gasteiger partial charge on any atom is 0.227 e. The Morgan fingerprint density at radius 3 is 2.57 bits per heavy atom. The predicted octanol–water partition coefficient (Wildman–Crippen LogP) is 3.81. The number of amides is 1. The SMILES string of the molecule is O=C([C@H]1CCCN(c2nc(-c3ccccc3)nc3c2CCC3)C1)N1CCC(F)CC1. The first-order chi connectivity index (χ1) is 14.7. The third-order valence-electron chi connectivity index (χ3n) is 6.75.